The van der Waals surface area contributed by atoms with Crippen LogP contribution in [-0.2, 0) is 17.8 Å². The van der Waals surface area contributed by atoms with E-state index in [1.807, 2.05) is 18.2 Å². The van der Waals surface area contributed by atoms with E-state index in [-0.39, 0.29) is 12.1 Å². The Labute approximate surface area is 211 Å². The van der Waals surface area contributed by atoms with Crippen LogP contribution >= 0.6 is 0 Å². The van der Waals surface area contributed by atoms with E-state index < -0.39 is 11.7 Å². The zero-order valence-corrected chi connectivity index (χ0v) is 20.0. The van der Waals surface area contributed by atoms with E-state index in [9.17, 15) is 9.59 Å². The molecule has 3 N–H and O–H groups in total. The van der Waals surface area contributed by atoms with Crippen molar-refractivity contribution in [1.29, 1.82) is 0 Å². The summed E-state index contributed by atoms with van der Waals surface area (Å²) in [6, 6.07) is 5.60. The Morgan fingerprint density at radius 3 is 2.89 bits per heavy atom. The molecular weight excluding hydrogens is 474 g/mol. The van der Waals surface area contributed by atoms with Crippen LogP contribution in [0, 0.1) is 0 Å². The standard InChI is InChI=1S/C25H23N9O3/c1-27-8-10-34(26)24-22-20(19(37-2)12-30-24)16(11-29-22)23(35)25(36)33-9-6-15-18(13-33)31-14-32-21(15)17-5-3-4-7-28-17/h3-5,7-8,10-12,14,29H,1,6,9,13,26H2,2H3/b10-8-. The van der Waals surface area contributed by atoms with Gasteiger partial charge in [0.2, 0.25) is 0 Å². The molecule has 0 radical (unpaired) electrons. The van der Waals surface area contributed by atoms with Crippen molar-refractivity contribution in [2.45, 2.75) is 13.0 Å². The van der Waals surface area contributed by atoms with E-state index >= 15 is 0 Å². The zero-order valence-electron chi connectivity index (χ0n) is 20.0. The SMILES string of the molecule is C=N/C=C\N(N)c1ncc(OC)c2c(C(=O)C(=O)N3CCc4c(ncnc4-c4ccccn4)C3)c[nH]c12. The summed E-state index contributed by atoms with van der Waals surface area (Å²) in [5.74, 6) is 5.37. The van der Waals surface area contributed by atoms with Gasteiger partial charge in [-0.05, 0) is 25.3 Å². The fourth-order valence-corrected chi connectivity index (χ4v) is 4.33. The molecule has 12 heteroatoms. The minimum atomic E-state index is -0.684. The van der Waals surface area contributed by atoms with Crippen LogP contribution in [0.1, 0.15) is 21.6 Å². The predicted molar refractivity (Wildman–Crippen MR) is 137 cm³/mol. The maximum absolute atomic E-state index is 13.4. The Hall–Kier alpha value is -4.97. The third kappa shape index (κ3) is 4.29. The monoisotopic (exact) mass is 497 g/mol. The van der Waals surface area contributed by atoms with E-state index in [4.69, 9.17) is 10.6 Å². The molecule has 0 aliphatic carbocycles. The molecule has 0 saturated heterocycles. The molecule has 1 aliphatic heterocycles. The number of fused-ring (bicyclic) bond motifs is 2. The van der Waals surface area contributed by atoms with E-state index in [1.165, 1.54) is 48.1 Å². The van der Waals surface area contributed by atoms with Crippen LogP contribution in [-0.4, -0.2) is 61.9 Å². The Balaban J connectivity index is 1.45. The highest BCUT2D eigenvalue weighted by Gasteiger charge is 2.31. The number of hydrogen-bond acceptors (Lipinski definition) is 10. The summed E-state index contributed by atoms with van der Waals surface area (Å²) < 4.78 is 5.43. The first-order chi connectivity index (χ1) is 18.0. The van der Waals surface area contributed by atoms with Crippen molar-refractivity contribution in [2.75, 3.05) is 18.7 Å². The molecule has 12 nitrogen and oxygen atoms in total. The third-order valence-corrected chi connectivity index (χ3v) is 6.09. The lowest BCUT2D eigenvalue weighted by Gasteiger charge is -2.28. The van der Waals surface area contributed by atoms with Crippen LogP contribution in [0.15, 0.2) is 60.5 Å². The number of ether oxygens (including phenoxy) is 1. The van der Waals surface area contributed by atoms with Gasteiger partial charge in [0, 0.05) is 36.9 Å². The Morgan fingerprint density at radius 1 is 1.27 bits per heavy atom. The largest absolute Gasteiger partial charge is 0.494 e. The van der Waals surface area contributed by atoms with Crippen molar-refractivity contribution < 1.29 is 14.3 Å². The van der Waals surface area contributed by atoms with Gasteiger partial charge in [-0.1, -0.05) is 6.07 Å². The van der Waals surface area contributed by atoms with Gasteiger partial charge < -0.3 is 14.6 Å². The Bertz CT molecular complexity index is 1530. The van der Waals surface area contributed by atoms with Gasteiger partial charge in [0.15, 0.2) is 5.82 Å². The van der Waals surface area contributed by atoms with Gasteiger partial charge in [0.05, 0.1) is 53.4 Å². The number of nitrogens with two attached hydrogens (primary N) is 1. The van der Waals surface area contributed by atoms with Crippen LogP contribution < -0.4 is 15.6 Å². The van der Waals surface area contributed by atoms with Crippen molar-refractivity contribution in [2.24, 2.45) is 10.8 Å². The van der Waals surface area contributed by atoms with Gasteiger partial charge in [-0.3, -0.25) is 24.6 Å². The van der Waals surface area contributed by atoms with Crippen molar-refractivity contribution in [3.63, 3.8) is 0 Å². The summed E-state index contributed by atoms with van der Waals surface area (Å²) in [4.78, 5) is 52.4. The first kappa shape index (κ1) is 23.8. The van der Waals surface area contributed by atoms with Crippen molar-refractivity contribution >= 4 is 35.1 Å². The highest BCUT2D eigenvalue weighted by molar-refractivity contribution is 6.45. The molecule has 0 spiro atoms. The minimum absolute atomic E-state index is 0.155. The van der Waals surface area contributed by atoms with Crippen LogP contribution in [0.25, 0.3) is 22.3 Å². The Kier molecular flexibility index (Phi) is 6.39. The predicted octanol–water partition coefficient (Wildman–Crippen LogP) is 2.04. The normalized spacial score (nSPS) is 13.0. The number of hydrogen-bond donors (Lipinski definition) is 2. The molecule has 4 aromatic rings. The number of Topliss-reactive ketones (excluding diaryl/α,β-unsaturated/α-hetero) is 1. The lowest BCUT2D eigenvalue weighted by atomic mass is 10.00. The highest BCUT2D eigenvalue weighted by Crippen LogP contribution is 2.34. The van der Waals surface area contributed by atoms with E-state index in [1.54, 1.807) is 6.20 Å². The lowest BCUT2D eigenvalue weighted by molar-refractivity contribution is -0.127. The number of H-pyrrole nitrogens is 1. The molecule has 5 heterocycles. The molecule has 0 unspecified atom stereocenters. The van der Waals surface area contributed by atoms with E-state index in [0.717, 1.165) is 17.0 Å². The number of nitrogens with zero attached hydrogens (tertiary/aromatic N) is 7. The molecule has 0 atom stereocenters. The number of aliphatic imine (C=N–C) groups is 1. The molecule has 0 fully saturated rings. The Morgan fingerprint density at radius 2 is 2.14 bits per heavy atom. The second-order valence-corrected chi connectivity index (χ2v) is 8.16. The number of hydrazine groups is 1. The molecule has 0 bridgehead atoms. The number of rotatable bonds is 7. The third-order valence-electron chi connectivity index (χ3n) is 6.09. The summed E-state index contributed by atoms with van der Waals surface area (Å²) >= 11 is 0. The molecule has 4 aromatic heterocycles. The summed E-state index contributed by atoms with van der Waals surface area (Å²) in [7, 11) is 1.46. The number of ketones is 1. The molecule has 1 aliphatic rings. The molecule has 0 aromatic carbocycles. The highest BCUT2D eigenvalue weighted by atomic mass is 16.5. The van der Waals surface area contributed by atoms with Crippen molar-refractivity contribution in [3.8, 4) is 17.1 Å². The molecular formula is C25H23N9O3. The van der Waals surface area contributed by atoms with Gasteiger partial charge in [-0.2, -0.15) is 0 Å². The van der Waals surface area contributed by atoms with Gasteiger partial charge in [0.25, 0.3) is 11.7 Å². The second-order valence-electron chi connectivity index (χ2n) is 8.16. The quantitative estimate of drug-likeness (QED) is 0.128. The van der Waals surface area contributed by atoms with Gasteiger partial charge in [-0.15, -0.1) is 0 Å². The van der Waals surface area contributed by atoms with Crippen LogP contribution in [0.4, 0.5) is 5.82 Å². The van der Waals surface area contributed by atoms with E-state index in [0.29, 0.717) is 41.1 Å². The number of carbonyl (C=O) groups is 2. The number of aromatic nitrogens is 5. The van der Waals surface area contributed by atoms with Crippen molar-refractivity contribution in [3.05, 3.63) is 72.3 Å². The fourth-order valence-electron chi connectivity index (χ4n) is 4.33. The molecule has 5 rings (SSSR count). The first-order valence-corrected chi connectivity index (χ1v) is 11.3. The number of pyridine rings is 2. The van der Waals surface area contributed by atoms with Crippen LogP contribution in [0.5, 0.6) is 5.75 Å². The summed E-state index contributed by atoms with van der Waals surface area (Å²) in [5, 5.41) is 1.63. The minimum Gasteiger partial charge on any atom is -0.494 e. The summed E-state index contributed by atoms with van der Waals surface area (Å²) in [6.45, 7) is 3.90. The molecule has 0 saturated carbocycles. The zero-order chi connectivity index (χ0) is 25.9. The van der Waals surface area contributed by atoms with E-state index in [2.05, 4.69) is 36.6 Å². The fraction of sp³-hybridized carbons (Fsp3) is 0.160. The van der Waals surface area contributed by atoms with Crippen LogP contribution in [0.3, 0.4) is 0 Å². The molecule has 37 heavy (non-hydrogen) atoms. The van der Waals surface area contributed by atoms with Crippen molar-refractivity contribution in [1.82, 2.24) is 29.8 Å². The molecule has 186 valence electrons. The maximum atomic E-state index is 13.4. The molecule has 1 amide bonds. The number of nitrogens with one attached hydrogen (secondary N) is 1. The average Bonchev–Trinajstić information content (AvgIpc) is 3.39. The topological polar surface area (TPSA) is 156 Å². The maximum Gasteiger partial charge on any atom is 0.295 e. The number of aromatic amines is 1. The van der Waals surface area contributed by atoms with Gasteiger partial charge >= 0.3 is 0 Å². The number of amides is 1. The summed E-state index contributed by atoms with van der Waals surface area (Å²) in [6.07, 6.45) is 9.41. The number of methoxy groups -OCH3 is 1. The van der Waals surface area contributed by atoms with Gasteiger partial charge in [-0.25, -0.2) is 20.8 Å². The number of carbonyl (C=O) groups excluding carboxylic acids is 2. The second kappa shape index (κ2) is 9.95. The smallest absolute Gasteiger partial charge is 0.295 e. The summed E-state index contributed by atoms with van der Waals surface area (Å²) in [5.41, 5.74) is 3.67. The first-order valence-electron chi connectivity index (χ1n) is 11.3. The van der Waals surface area contributed by atoms with Crippen LogP contribution in [0.2, 0.25) is 0 Å². The van der Waals surface area contributed by atoms with Gasteiger partial charge in [0.1, 0.15) is 12.1 Å². The number of anilines is 1. The average molecular weight is 498 g/mol. The lowest BCUT2D eigenvalue weighted by Crippen LogP contribution is -2.40.